The molecule has 0 aromatic heterocycles. The van der Waals surface area contributed by atoms with Gasteiger partial charge in [0.2, 0.25) is 5.90 Å². The van der Waals surface area contributed by atoms with Crippen LogP contribution in [0.25, 0.3) is 0 Å². The highest BCUT2D eigenvalue weighted by atomic mass is 35.5. The Morgan fingerprint density at radius 1 is 0.844 bits per heavy atom. The molecule has 2 aromatic rings. The summed E-state index contributed by atoms with van der Waals surface area (Å²) < 4.78 is 21.7. The van der Waals surface area contributed by atoms with Crippen LogP contribution in [0.1, 0.15) is 33.2 Å². The van der Waals surface area contributed by atoms with Crippen molar-refractivity contribution in [2.45, 2.75) is 6.92 Å². The Labute approximate surface area is 193 Å². The first-order chi connectivity index (χ1) is 15.1. The fraction of sp³-hybridized carbons (Fsp3) is 0.348. The van der Waals surface area contributed by atoms with E-state index >= 15 is 0 Å². The SMILES string of the molecule is CCOC(=N)c1ccc(OCCOCCOCCN2C(=O)c3ccccc3C2=O)cc1.Cl. The number of nitrogens with one attached hydrogen (secondary N) is 1. The average Bonchev–Trinajstić information content (AvgIpc) is 3.03. The average molecular weight is 463 g/mol. The maximum Gasteiger partial charge on any atom is 0.261 e. The largest absolute Gasteiger partial charge is 0.491 e. The van der Waals surface area contributed by atoms with Crippen molar-refractivity contribution in [2.75, 3.05) is 46.2 Å². The lowest BCUT2D eigenvalue weighted by Gasteiger charge is -2.14. The second-order valence-corrected chi connectivity index (χ2v) is 6.67. The van der Waals surface area contributed by atoms with Gasteiger partial charge in [-0.25, -0.2) is 0 Å². The summed E-state index contributed by atoms with van der Waals surface area (Å²) in [5.74, 6) is 0.273. The molecule has 32 heavy (non-hydrogen) atoms. The number of hydrogen-bond donors (Lipinski definition) is 1. The number of imide groups is 1. The summed E-state index contributed by atoms with van der Waals surface area (Å²) >= 11 is 0. The Morgan fingerprint density at radius 3 is 2.00 bits per heavy atom. The number of benzene rings is 2. The second-order valence-electron chi connectivity index (χ2n) is 6.67. The molecule has 2 aromatic carbocycles. The molecule has 1 aliphatic rings. The van der Waals surface area contributed by atoms with Gasteiger partial charge in [0, 0.05) is 5.56 Å². The molecule has 172 valence electrons. The normalized spacial score (nSPS) is 12.3. The molecule has 8 nitrogen and oxygen atoms in total. The van der Waals surface area contributed by atoms with Crippen LogP contribution in [-0.2, 0) is 14.2 Å². The van der Waals surface area contributed by atoms with Gasteiger partial charge >= 0.3 is 0 Å². The molecule has 0 saturated carbocycles. The highest BCUT2D eigenvalue weighted by molar-refractivity contribution is 6.21. The van der Waals surface area contributed by atoms with Crippen molar-refractivity contribution in [1.82, 2.24) is 4.90 Å². The van der Waals surface area contributed by atoms with Crippen molar-refractivity contribution in [3.05, 3.63) is 65.2 Å². The van der Waals surface area contributed by atoms with Gasteiger partial charge in [0.15, 0.2) is 0 Å². The van der Waals surface area contributed by atoms with E-state index in [-0.39, 0.29) is 43.3 Å². The minimum Gasteiger partial charge on any atom is -0.491 e. The van der Waals surface area contributed by atoms with Crippen molar-refractivity contribution in [3.63, 3.8) is 0 Å². The predicted octanol–water partition coefficient (Wildman–Crippen LogP) is 3.18. The van der Waals surface area contributed by atoms with E-state index in [0.29, 0.717) is 55.5 Å². The van der Waals surface area contributed by atoms with Gasteiger partial charge in [-0.3, -0.25) is 19.9 Å². The number of nitrogens with zero attached hydrogens (tertiary/aromatic N) is 1. The van der Waals surface area contributed by atoms with Crippen LogP contribution >= 0.6 is 12.4 Å². The van der Waals surface area contributed by atoms with Gasteiger partial charge in [-0.05, 0) is 43.3 Å². The van der Waals surface area contributed by atoms with Gasteiger partial charge in [-0.15, -0.1) is 12.4 Å². The van der Waals surface area contributed by atoms with Crippen LogP contribution in [0.5, 0.6) is 5.75 Å². The van der Waals surface area contributed by atoms with Crippen LogP contribution in [0.4, 0.5) is 0 Å². The van der Waals surface area contributed by atoms with Gasteiger partial charge in [0.1, 0.15) is 12.4 Å². The number of carbonyl (C=O) groups is 2. The third-order valence-corrected chi connectivity index (χ3v) is 4.61. The first-order valence-corrected chi connectivity index (χ1v) is 10.2. The van der Waals surface area contributed by atoms with Gasteiger partial charge in [0.05, 0.1) is 50.7 Å². The Bertz CT molecular complexity index is 884. The third kappa shape index (κ3) is 6.53. The molecule has 0 saturated heterocycles. The van der Waals surface area contributed by atoms with E-state index < -0.39 is 0 Å². The van der Waals surface area contributed by atoms with Crippen LogP contribution in [0, 0.1) is 5.41 Å². The topological polar surface area (TPSA) is 98.2 Å². The molecule has 1 N–H and O–H groups in total. The van der Waals surface area contributed by atoms with E-state index in [4.69, 9.17) is 24.4 Å². The Morgan fingerprint density at radius 2 is 1.41 bits per heavy atom. The first-order valence-electron chi connectivity index (χ1n) is 10.2. The summed E-state index contributed by atoms with van der Waals surface area (Å²) in [7, 11) is 0. The molecule has 2 amide bonds. The molecule has 1 heterocycles. The minimum absolute atomic E-state index is 0. The highest BCUT2D eigenvalue weighted by Crippen LogP contribution is 2.21. The fourth-order valence-electron chi connectivity index (χ4n) is 3.07. The molecule has 0 aliphatic carbocycles. The van der Waals surface area contributed by atoms with Crippen molar-refractivity contribution >= 4 is 30.1 Å². The molecule has 1 aliphatic heterocycles. The van der Waals surface area contributed by atoms with Gasteiger partial charge in [-0.2, -0.15) is 0 Å². The van der Waals surface area contributed by atoms with E-state index in [1.165, 1.54) is 4.90 Å². The third-order valence-electron chi connectivity index (χ3n) is 4.61. The van der Waals surface area contributed by atoms with Crippen molar-refractivity contribution in [2.24, 2.45) is 0 Å². The number of rotatable bonds is 12. The molecule has 3 rings (SSSR count). The maximum absolute atomic E-state index is 12.2. The van der Waals surface area contributed by atoms with Crippen LogP contribution in [-0.4, -0.2) is 68.8 Å². The summed E-state index contributed by atoms with van der Waals surface area (Å²) in [5.41, 5.74) is 1.58. The smallest absolute Gasteiger partial charge is 0.261 e. The summed E-state index contributed by atoms with van der Waals surface area (Å²) in [4.78, 5) is 25.7. The molecule has 0 unspecified atom stereocenters. The molecule has 0 bridgehead atoms. The van der Waals surface area contributed by atoms with Crippen molar-refractivity contribution in [1.29, 1.82) is 5.41 Å². The van der Waals surface area contributed by atoms with Crippen molar-refractivity contribution in [3.8, 4) is 5.75 Å². The van der Waals surface area contributed by atoms with E-state index in [9.17, 15) is 9.59 Å². The number of ether oxygens (including phenoxy) is 4. The number of carbonyl (C=O) groups excluding carboxylic acids is 2. The quantitative estimate of drug-likeness (QED) is 0.225. The summed E-state index contributed by atoms with van der Waals surface area (Å²) in [6.07, 6.45) is 0. The second kappa shape index (κ2) is 12.8. The monoisotopic (exact) mass is 462 g/mol. The fourth-order valence-corrected chi connectivity index (χ4v) is 3.07. The molecular weight excluding hydrogens is 436 g/mol. The van der Waals surface area contributed by atoms with Crippen LogP contribution in [0.15, 0.2) is 48.5 Å². The van der Waals surface area contributed by atoms with Gasteiger partial charge < -0.3 is 18.9 Å². The number of hydrogen-bond acceptors (Lipinski definition) is 7. The molecule has 0 radical (unpaired) electrons. The minimum atomic E-state index is -0.277. The first kappa shape index (κ1) is 25.3. The van der Waals surface area contributed by atoms with Gasteiger partial charge in [-0.1, -0.05) is 12.1 Å². The Hall–Kier alpha value is -2.94. The van der Waals surface area contributed by atoms with E-state index in [2.05, 4.69) is 0 Å². The van der Waals surface area contributed by atoms with E-state index in [1.807, 2.05) is 6.92 Å². The van der Waals surface area contributed by atoms with Gasteiger partial charge in [0.25, 0.3) is 11.8 Å². The van der Waals surface area contributed by atoms with Crippen LogP contribution in [0.3, 0.4) is 0 Å². The standard InChI is InChI=1S/C23H26N2O6.ClH/c1-2-30-21(24)17-7-9-18(10-8-17)31-16-15-29-14-13-28-12-11-25-22(26)19-5-3-4-6-20(19)23(25)27;/h3-10,24H,2,11-16H2,1H3;1H. The van der Waals surface area contributed by atoms with Crippen molar-refractivity contribution < 1.29 is 28.5 Å². The zero-order chi connectivity index (χ0) is 22.1. The molecular formula is C23H27ClN2O6. The van der Waals surface area contributed by atoms with E-state index in [1.54, 1.807) is 48.5 Å². The lowest BCUT2D eigenvalue weighted by atomic mass is 10.1. The Kier molecular flexibility index (Phi) is 10.1. The zero-order valence-electron chi connectivity index (χ0n) is 17.9. The summed E-state index contributed by atoms with van der Waals surface area (Å²) in [5, 5.41) is 7.73. The lowest BCUT2D eigenvalue weighted by Crippen LogP contribution is -2.33. The predicted molar refractivity (Wildman–Crippen MR) is 121 cm³/mol. The highest BCUT2D eigenvalue weighted by Gasteiger charge is 2.34. The van der Waals surface area contributed by atoms with E-state index in [0.717, 1.165) is 0 Å². The number of fused-ring (bicyclic) bond motifs is 1. The summed E-state index contributed by atoms with van der Waals surface area (Å²) in [6, 6.07) is 13.9. The molecule has 0 fully saturated rings. The molecule has 0 atom stereocenters. The lowest BCUT2D eigenvalue weighted by molar-refractivity contribution is 0.0282. The number of amides is 2. The van der Waals surface area contributed by atoms with Crippen LogP contribution < -0.4 is 4.74 Å². The van der Waals surface area contributed by atoms with Crippen LogP contribution in [0.2, 0.25) is 0 Å². The number of halogens is 1. The molecule has 9 heteroatoms. The maximum atomic E-state index is 12.2. The zero-order valence-corrected chi connectivity index (χ0v) is 18.7. The summed E-state index contributed by atoms with van der Waals surface area (Å²) in [6.45, 7) is 4.30. The Balaban J connectivity index is 0.00000363. The molecule has 0 spiro atoms.